The van der Waals surface area contributed by atoms with E-state index in [2.05, 4.69) is 10.3 Å². The normalized spacial score (nSPS) is 13.8. The van der Waals surface area contributed by atoms with Gasteiger partial charge in [0.2, 0.25) is 5.91 Å². The number of thiophene rings is 1. The lowest BCUT2D eigenvalue weighted by atomic mass is 10.2. The molecule has 0 atom stereocenters. The average molecular weight is 410 g/mol. The summed E-state index contributed by atoms with van der Waals surface area (Å²) in [5, 5.41) is 4.75. The van der Waals surface area contributed by atoms with Gasteiger partial charge in [-0.1, -0.05) is 18.2 Å². The Kier molecular flexibility index (Phi) is 5.53. The highest BCUT2D eigenvalue weighted by Gasteiger charge is 2.30. The van der Waals surface area contributed by atoms with Crippen molar-refractivity contribution in [2.75, 3.05) is 23.3 Å². The van der Waals surface area contributed by atoms with Crippen molar-refractivity contribution >= 4 is 34.8 Å². The minimum absolute atomic E-state index is 0.107. The minimum atomic E-state index is -0.296. The molecule has 0 aliphatic carbocycles. The van der Waals surface area contributed by atoms with Crippen LogP contribution in [0.5, 0.6) is 0 Å². The molecule has 3 amide bonds. The second kappa shape index (κ2) is 8.40. The summed E-state index contributed by atoms with van der Waals surface area (Å²) in [7, 11) is 0. The number of carbonyl (C=O) groups excluding carboxylic acids is 2. The molecule has 0 bridgehead atoms. The molecule has 29 heavy (non-hydrogen) atoms. The van der Waals surface area contributed by atoms with Crippen LogP contribution >= 0.6 is 11.3 Å². The van der Waals surface area contributed by atoms with Crippen molar-refractivity contribution in [2.45, 2.75) is 13.0 Å². The number of nitrogens with zero attached hydrogens (tertiary/aromatic N) is 3. The number of hydrogen-bond donors (Lipinski definition) is 1. The molecule has 1 fully saturated rings. The number of pyridine rings is 1. The van der Waals surface area contributed by atoms with Gasteiger partial charge in [0.1, 0.15) is 11.6 Å². The Bertz CT molecular complexity index is 991. The summed E-state index contributed by atoms with van der Waals surface area (Å²) in [6.45, 7) is 1.51. The maximum absolute atomic E-state index is 13.0. The number of halogens is 1. The molecule has 0 radical (unpaired) electrons. The minimum Gasteiger partial charge on any atom is -0.324 e. The summed E-state index contributed by atoms with van der Waals surface area (Å²) in [6, 6.07) is 13.3. The Morgan fingerprint density at radius 3 is 2.66 bits per heavy atom. The number of hydrogen-bond acceptors (Lipinski definition) is 4. The number of urea groups is 1. The lowest BCUT2D eigenvalue weighted by Gasteiger charge is -2.18. The van der Waals surface area contributed by atoms with Gasteiger partial charge in [-0.2, -0.15) is 0 Å². The van der Waals surface area contributed by atoms with E-state index in [1.807, 2.05) is 17.5 Å². The lowest BCUT2D eigenvalue weighted by Crippen LogP contribution is -2.31. The molecule has 3 aromatic rings. The Labute approximate surface area is 171 Å². The number of benzene rings is 1. The second-order valence-electron chi connectivity index (χ2n) is 6.69. The second-order valence-corrected chi connectivity index (χ2v) is 7.72. The summed E-state index contributed by atoms with van der Waals surface area (Å²) in [5.74, 6) is 0.132. The first-order valence-corrected chi connectivity index (χ1v) is 10.1. The van der Waals surface area contributed by atoms with Crippen molar-refractivity contribution in [1.29, 1.82) is 0 Å². The molecule has 8 heteroatoms. The lowest BCUT2D eigenvalue weighted by molar-refractivity contribution is -0.115. The van der Waals surface area contributed by atoms with E-state index in [1.165, 1.54) is 23.5 Å². The molecule has 148 valence electrons. The molecule has 2 aromatic heterocycles. The SMILES string of the molecule is O=C(Cc1cccs1)Nc1ccc(N2CCN(Cc3ccc(F)cc3)C2=O)nc1. The van der Waals surface area contributed by atoms with Crippen LogP contribution in [0.2, 0.25) is 0 Å². The fraction of sp³-hybridized carbons (Fsp3) is 0.190. The molecule has 6 nitrogen and oxygen atoms in total. The highest BCUT2D eigenvalue weighted by atomic mass is 32.1. The van der Waals surface area contributed by atoms with Crippen LogP contribution in [-0.4, -0.2) is 34.9 Å². The van der Waals surface area contributed by atoms with Crippen LogP contribution in [0.1, 0.15) is 10.4 Å². The van der Waals surface area contributed by atoms with Gasteiger partial charge >= 0.3 is 6.03 Å². The van der Waals surface area contributed by atoms with Crippen molar-refractivity contribution in [3.63, 3.8) is 0 Å². The molecule has 1 aliphatic heterocycles. The van der Waals surface area contributed by atoms with Gasteiger partial charge in [-0.25, -0.2) is 14.2 Å². The molecule has 1 aromatic carbocycles. The first-order valence-electron chi connectivity index (χ1n) is 9.18. The van der Waals surface area contributed by atoms with Gasteiger partial charge in [-0.05, 0) is 41.3 Å². The van der Waals surface area contributed by atoms with Crippen molar-refractivity contribution in [3.05, 3.63) is 76.4 Å². The predicted octanol–water partition coefficient (Wildman–Crippen LogP) is 3.91. The van der Waals surface area contributed by atoms with Crippen molar-refractivity contribution in [3.8, 4) is 0 Å². The molecular weight excluding hydrogens is 391 g/mol. The van der Waals surface area contributed by atoms with Gasteiger partial charge in [0, 0.05) is 24.5 Å². The molecule has 1 aliphatic rings. The molecule has 1 saturated heterocycles. The molecule has 0 saturated carbocycles. The fourth-order valence-corrected chi connectivity index (χ4v) is 3.85. The Balaban J connectivity index is 1.35. The zero-order chi connectivity index (χ0) is 20.2. The Morgan fingerprint density at radius 2 is 1.97 bits per heavy atom. The summed E-state index contributed by atoms with van der Waals surface area (Å²) < 4.78 is 13.0. The van der Waals surface area contributed by atoms with Crippen LogP contribution in [0.3, 0.4) is 0 Å². The maximum Gasteiger partial charge on any atom is 0.326 e. The highest BCUT2D eigenvalue weighted by Crippen LogP contribution is 2.21. The van der Waals surface area contributed by atoms with Crippen molar-refractivity contribution in [2.24, 2.45) is 0 Å². The van der Waals surface area contributed by atoms with Crippen LogP contribution in [0.4, 0.5) is 20.7 Å². The highest BCUT2D eigenvalue weighted by molar-refractivity contribution is 7.10. The van der Waals surface area contributed by atoms with E-state index in [4.69, 9.17) is 0 Å². The quantitative estimate of drug-likeness (QED) is 0.670. The standard InChI is InChI=1S/C21H19FN4O2S/c22-16-5-3-15(4-6-16)14-25-9-10-26(21(25)28)19-8-7-17(13-23-19)24-20(27)12-18-2-1-11-29-18/h1-8,11,13H,9-10,12,14H2,(H,24,27). The van der Waals surface area contributed by atoms with Crippen LogP contribution in [-0.2, 0) is 17.8 Å². The fourth-order valence-electron chi connectivity index (χ4n) is 3.15. The van der Waals surface area contributed by atoms with Gasteiger partial charge in [-0.15, -0.1) is 11.3 Å². The molecule has 1 N–H and O–H groups in total. The maximum atomic E-state index is 13.0. The summed E-state index contributed by atoms with van der Waals surface area (Å²) >= 11 is 1.54. The van der Waals surface area contributed by atoms with Crippen LogP contribution in [0.15, 0.2) is 60.1 Å². The van der Waals surface area contributed by atoms with E-state index in [1.54, 1.807) is 40.3 Å². The van der Waals surface area contributed by atoms with Gasteiger partial charge < -0.3 is 10.2 Å². The number of aromatic nitrogens is 1. The van der Waals surface area contributed by atoms with Crippen LogP contribution < -0.4 is 10.2 Å². The zero-order valence-corrected chi connectivity index (χ0v) is 16.4. The number of anilines is 2. The van der Waals surface area contributed by atoms with E-state index in [0.29, 0.717) is 37.6 Å². The average Bonchev–Trinajstić information content (AvgIpc) is 3.35. The third kappa shape index (κ3) is 4.60. The largest absolute Gasteiger partial charge is 0.326 e. The van der Waals surface area contributed by atoms with E-state index in [0.717, 1.165) is 10.4 Å². The first kappa shape index (κ1) is 19.1. The first-order chi connectivity index (χ1) is 14.1. The molecule has 0 unspecified atom stereocenters. The Morgan fingerprint density at radius 1 is 1.14 bits per heavy atom. The third-order valence-corrected chi connectivity index (χ3v) is 5.48. The summed E-state index contributed by atoms with van der Waals surface area (Å²) in [5.41, 5.74) is 1.46. The number of amides is 3. The zero-order valence-electron chi connectivity index (χ0n) is 15.5. The van der Waals surface area contributed by atoms with Crippen LogP contribution in [0.25, 0.3) is 0 Å². The molecule has 0 spiro atoms. The number of nitrogens with one attached hydrogen (secondary N) is 1. The topological polar surface area (TPSA) is 65.5 Å². The molecule has 4 rings (SSSR count). The van der Waals surface area contributed by atoms with Crippen LogP contribution in [0, 0.1) is 5.82 Å². The third-order valence-electron chi connectivity index (χ3n) is 4.60. The predicted molar refractivity (Wildman–Crippen MR) is 110 cm³/mol. The van der Waals surface area contributed by atoms with Gasteiger partial charge in [0.05, 0.1) is 18.3 Å². The van der Waals surface area contributed by atoms with E-state index in [-0.39, 0.29) is 17.8 Å². The number of carbonyl (C=O) groups is 2. The smallest absolute Gasteiger partial charge is 0.324 e. The monoisotopic (exact) mass is 410 g/mol. The summed E-state index contributed by atoms with van der Waals surface area (Å²) in [4.78, 5) is 33.4. The van der Waals surface area contributed by atoms with Gasteiger partial charge in [0.25, 0.3) is 0 Å². The van der Waals surface area contributed by atoms with E-state index >= 15 is 0 Å². The Hall–Kier alpha value is -3.26. The summed E-state index contributed by atoms with van der Waals surface area (Å²) in [6.07, 6.45) is 1.87. The van der Waals surface area contributed by atoms with Crippen molar-refractivity contribution < 1.29 is 14.0 Å². The van der Waals surface area contributed by atoms with Gasteiger partial charge in [-0.3, -0.25) is 9.69 Å². The van der Waals surface area contributed by atoms with E-state index in [9.17, 15) is 14.0 Å². The molecule has 3 heterocycles. The van der Waals surface area contributed by atoms with E-state index < -0.39 is 0 Å². The number of rotatable bonds is 6. The molecular formula is C21H19FN4O2S. The van der Waals surface area contributed by atoms with Gasteiger partial charge in [0.15, 0.2) is 0 Å². The van der Waals surface area contributed by atoms with Crippen molar-refractivity contribution in [1.82, 2.24) is 9.88 Å².